The predicted molar refractivity (Wildman–Crippen MR) is 114 cm³/mol. The second-order valence-corrected chi connectivity index (χ2v) is 7.91. The average Bonchev–Trinajstić information content (AvgIpc) is 2.71. The van der Waals surface area contributed by atoms with Crippen molar-refractivity contribution in [3.8, 4) is 0 Å². The molecule has 1 aromatic carbocycles. The Morgan fingerprint density at radius 1 is 1.19 bits per heavy atom. The maximum Gasteiger partial charge on any atom is 0.254 e. The fourth-order valence-electron chi connectivity index (χ4n) is 3.13. The second-order valence-electron chi connectivity index (χ2n) is 7.12. The lowest BCUT2D eigenvalue weighted by Crippen LogP contribution is -2.44. The molecule has 0 aliphatic rings. The van der Waals surface area contributed by atoms with Gasteiger partial charge in [-0.3, -0.25) is 4.79 Å². The number of aromatic nitrogens is 1. The molecule has 0 saturated carbocycles. The Morgan fingerprint density at radius 3 is 2.52 bits per heavy atom. The SMILES string of the molecule is CCC(C)CN(C)C(C)C(NC(=O)c1cccnc1SC)c1ccccc1. The van der Waals surface area contributed by atoms with Crippen LogP contribution in [-0.2, 0) is 0 Å². The summed E-state index contributed by atoms with van der Waals surface area (Å²) in [5.74, 6) is 0.538. The summed E-state index contributed by atoms with van der Waals surface area (Å²) in [6.45, 7) is 7.66. The molecule has 0 bridgehead atoms. The molecule has 1 heterocycles. The quantitative estimate of drug-likeness (QED) is 0.639. The minimum atomic E-state index is -0.0948. The normalized spacial score (nSPS) is 14.6. The molecule has 3 unspecified atom stereocenters. The van der Waals surface area contributed by atoms with E-state index in [1.165, 1.54) is 11.8 Å². The van der Waals surface area contributed by atoms with Crippen molar-refractivity contribution in [3.05, 3.63) is 59.8 Å². The van der Waals surface area contributed by atoms with Crippen LogP contribution in [0.25, 0.3) is 0 Å². The third-order valence-corrected chi connectivity index (χ3v) is 5.84. The van der Waals surface area contributed by atoms with Gasteiger partial charge in [0.1, 0.15) is 5.03 Å². The number of rotatable bonds is 9. The van der Waals surface area contributed by atoms with Crippen LogP contribution in [0.1, 0.15) is 49.2 Å². The van der Waals surface area contributed by atoms with Crippen molar-refractivity contribution in [1.82, 2.24) is 15.2 Å². The third-order valence-electron chi connectivity index (χ3n) is 5.13. The monoisotopic (exact) mass is 385 g/mol. The van der Waals surface area contributed by atoms with Gasteiger partial charge in [-0.1, -0.05) is 50.6 Å². The lowest BCUT2D eigenvalue weighted by molar-refractivity contribution is 0.0896. The number of nitrogens with zero attached hydrogens (tertiary/aromatic N) is 2. The first-order valence-electron chi connectivity index (χ1n) is 9.52. The first-order valence-corrected chi connectivity index (χ1v) is 10.7. The smallest absolute Gasteiger partial charge is 0.254 e. The van der Waals surface area contributed by atoms with Gasteiger partial charge in [0.25, 0.3) is 5.91 Å². The molecule has 27 heavy (non-hydrogen) atoms. The van der Waals surface area contributed by atoms with Crippen molar-refractivity contribution in [2.45, 2.75) is 44.3 Å². The minimum absolute atomic E-state index is 0.0786. The van der Waals surface area contributed by atoms with Gasteiger partial charge in [-0.15, -0.1) is 11.8 Å². The van der Waals surface area contributed by atoms with Crippen molar-refractivity contribution in [3.63, 3.8) is 0 Å². The number of carbonyl (C=O) groups is 1. The first-order chi connectivity index (χ1) is 13.0. The number of benzene rings is 1. The van der Waals surface area contributed by atoms with Crippen LogP contribution < -0.4 is 5.32 Å². The van der Waals surface area contributed by atoms with Crippen LogP contribution in [0.4, 0.5) is 0 Å². The molecular weight excluding hydrogens is 354 g/mol. The van der Waals surface area contributed by atoms with Gasteiger partial charge in [0.15, 0.2) is 0 Å². The zero-order valence-corrected chi connectivity index (χ0v) is 17.8. The summed E-state index contributed by atoms with van der Waals surface area (Å²) in [5.41, 5.74) is 1.74. The third kappa shape index (κ3) is 5.81. The van der Waals surface area contributed by atoms with Crippen LogP contribution in [0.2, 0.25) is 0 Å². The van der Waals surface area contributed by atoms with Crippen LogP contribution in [-0.4, -0.2) is 41.7 Å². The summed E-state index contributed by atoms with van der Waals surface area (Å²) in [4.78, 5) is 19.7. The van der Waals surface area contributed by atoms with Crippen molar-refractivity contribution >= 4 is 17.7 Å². The molecule has 0 radical (unpaired) electrons. The van der Waals surface area contributed by atoms with Gasteiger partial charge in [0.05, 0.1) is 11.6 Å². The molecule has 0 aliphatic carbocycles. The standard InChI is InChI=1S/C22H31N3OS/c1-6-16(2)15-25(4)17(3)20(18-11-8-7-9-12-18)24-21(26)19-13-10-14-23-22(19)27-5/h7-14,16-17,20H,6,15H2,1-5H3,(H,24,26). The van der Waals surface area contributed by atoms with Crippen molar-refractivity contribution in [1.29, 1.82) is 0 Å². The highest BCUT2D eigenvalue weighted by atomic mass is 32.2. The zero-order valence-electron chi connectivity index (χ0n) is 17.0. The summed E-state index contributed by atoms with van der Waals surface area (Å²) in [6, 6.07) is 13.9. The highest BCUT2D eigenvalue weighted by molar-refractivity contribution is 7.98. The minimum Gasteiger partial charge on any atom is -0.344 e. The summed E-state index contributed by atoms with van der Waals surface area (Å²) in [7, 11) is 2.14. The maximum atomic E-state index is 13.0. The van der Waals surface area contributed by atoms with E-state index in [1.807, 2.05) is 36.6 Å². The van der Waals surface area contributed by atoms with Gasteiger partial charge in [0.2, 0.25) is 0 Å². The Hall–Kier alpha value is -1.85. The van der Waals surface area contributed by atoms with E-state index in [0.29, 0.717) is 11.5 Å². The van der Waals surface area contributed by atoms with Crippen molar-refractivity contribution in [2.24, 2.45) is 5.92 Å². The Kier molecular flexibility index (Phi) is 8.32. The first kappa shape index (κ1) is 21.5. The number of hydrogen-bond acceptors (Lipinski definition) is 4. The second kappa shape index (κ2) is 10.5. The van der Waals surface area contributed by atoms with Gasteiger partial charge in [-0.05, 0) is 43.8 Å². The molecule has 0 fully saturated rings. The van der Waals surface area contributed by atoms with E-state index >= 15 is 0 Å². The van der Waals surface area contributed by atoms with E-state index in [0.717, 1.165) is 23.6 Å². The summed E-state index contributed by atoms with van der Waals surface area (Å²) < 4.78 is 0. The van der Waals surface area contributed by atoms with Gasteiger partial charge >= 0.3 is 0 Å². The molecule has 1 amide bonds. The van der Waals surface area contributed by atoms with Crippen molar-refractivity contribution in [2.75, 3.05) is 19.8 Å². The largest absolute Gasteiger partial charge is 0.344 e. The van der Waals surface area contributed by atoms with Crippen LogP contribution >= 0.6 is 11.8 Å². The summed E-state index contributed by atoms with van der Waals surface area (Å²) >= 11 is 1.49. The number of thioether (sulfide) groups is 1. The lowest BCUT2D eigenvalue weighted by atomic mass is 9.97. The number of likely N-dealkylation sites (N-methyl/N-ethyl adjacent to an activating group) is 1. The van der Waals surface area contributed by atoms with Gasteiger partial charge < -0.3 is 10.2 Å². The Labute approximate surface area is 167 Å². The van der Waals surface area contributed by atoms with E-state index in [4.69, 9.17) is 0 Å². The Balaban J connectivity index is 2.26. The number of nitrogens with one attached hydrogen (secondary N) is 1. The Bertz CT molecular complexity index is 723. The summed E-state index contributed by atoms with van der Waals surface area (Å²) in [6.07, 6.45) is 4.81. The van der Waals surface area contributed by atoms with Gasteiger partial charge in [-0.25, -0.2) is 4.98 Å². The van der Waals surface area contributed by atoms with Crippen LogP contribution in [0, 0.1) is 5.92 Å². The van der Waals surface area contributed by atoms with Crippen LogP contribution in [0.5, 0.6) is 0 Å². The van der Waals surface area contributed by atoms with Gasteiger partial charge in [-0.2, -0.15) is 0 Å². The Morgan fingerprint density at radius 2 is 1.89 bits per heavy atom. The molecular formula is C22H31N3OS. The van der Waals surface area contributed by atoms with E-state index in [9.17, 15) is 4.79 Å². The summed E-state index contributed by atoms with van der Waals surface area (Å²) in [5, 5.41) is 4.01. The maximum absolute atomic E-state index is 13.0. The van der Waals surface area contributed by atoms with E-state index in [-0.39, 0.29) is 18.0 Å². The molecule has 0 saturated heterocycles. The molecule has 2 rings (SSSR count). The van der Waals surface area contributed by atoms with Crippen LogP contribution in [0.3, 0.4) is 0 Å². The number of carbonyl (C=O) groups excluding carboxylic acids is 1. The fraction of sp³-hybridized carbons (Fsp3) is 0.455. The molecule has 5 heteroatoms. The van der Waals surface area contributed by atoms with Gasteiger partial charge in [0, 0.05) is 18.8 Å². The van der Waals surface area contributed by atoms with E-state index < -0.39 is 0 Å². The molecule has 4 nitrogen and oxygen atoms in total. The van der Waals surface area contributed by atoms with Crippen LogP contribution in [0.15, 0.2) is 53.7 Å². The highest BCUT2D eigenvalue weighted by Gasteiger charge is 2.26. The molecule has 146 valence electrons. The average molecular weight is 386 g/mol. The zero-order chi connectivity index (χ0) is 19.8. The predicted octanol–water partition coefficient (Wildman–Crippen LogP) is 4.64. The molecule has 3 atom stereocenters. The molecule has 1 N–H and O–H groups in total. The topological polar surface area (TPSA) is 45.2 Å². The van der Waals surface area contributed by atoms with Crippen molar-refractivity contribution < 1.29 is 4.79 Å². The molecule has 1 aromatic heterocycles. The van der Waals surface area contributed by atoms with E-state index in [2.05, 4.69) is 55.2 Å². The molecule has 0 spiro atoms. The number of pyridine rings is 1. The molecule has 2 aromatic rings. The molecule has 0 aliphatic heterocycles. The number of hydrogen-bond donors (Lipinski definition) is 1. The fourth-order valence-corrected chi connectivity index (χ4v) is 3.68. The number of amides is 1. The van der Waals surface area contributed by atoms with E-state index in [1.54, 1.807) is 6.20 Å². The highest BCUT2D eigenvalue weighted by Crippen LogP contribution is 2.24. The lowest BCUT2D eigenvalue weighted by Gasteiger charge is -2.34.